The first-order valence-electron chi connectivity index (χ1n) is 8.28. The van der Waals surface area contributed by atoms with Crippen LogP contribution in [0.3, 0.4) is 0 Å². The van der Waals surface area contributed by atoms with Crippen molar-refractivity contribution in [2.75, 3.05) is 36.1 Å². The number of hydrogen-bond acceptors (Lipinski definition) is 4. The molecule has 0 unspecified atom stereocenters. The normalized spacial score (nSPS) is 25.8. The highest BCUT2D eigenvalue weighted by molar-refractivity contribution is 5.56. The monoisotopic (exact) mass is 345 g/mol. The van der Waals surface area contributed by atoms with Gasteiger partial charge in [0.1, 0.15) is 11.9 Å². The van der Waals surface area contributed by atoms with Gasteiger partial charge in [-0.2, -0.15) is 13.2 Å². The fourth-order valence-corrected chi connectivity index (χ4v) is 3.51. The minimum absolute atomic E-state index is 0.0592. The largest absolute Gasteiger partial charge is 0.408 e. The Hall–Kier alpha value is -1.70. The molecule has 1 aromatic rings. The van der Waals surface area contributed by atoms with Gasteiger partial charge in [-0.05, 0) is 26.2 Å². The number of hydrogen-bond donors (Lipinski definition) is 1. The van der Waals surface area contributed by atoms with Crippen LogP contribution in [0.5, 0.6) is 0 Å². The van der Waals surface area contributed by atoms with E-state index in [1.165, 1.54) is 11.0 Å². The van der Waals surface area contributed by atoms with E-state index in [0.29, 0.717) is 44.8 Å². The van der Waals surface area contributed by atoms with E-state index < -0.39 is 12.2 Å². The van der Waals surface area contributed by atoms with E-state index in [4.69, 9.17) is 4.74 Å². The molecule has 0 bridgehead atoms. The van der Waals surface area contributed by atoms with E-state index >= 15 is 0 Å². The molecule has 0 saturated carbocycles. The highest BCUT2D eigenvalue weighted by atomic mass is 19.4. The van der Waals surface area contributed by atoms with Crippen molar-refractivity contribution in [3.8, 4) is 0 Å². The van der Waals surface area contributed by atoms with Crippen molar-refractivity contribution in [3.63, 3.8) is 0 Å². The van der Waals surface area contributed by atoms with Crippen LogP contribution in [0.1, 0.15) is 26.2 Å². The van der Waals surface area contributed by atoms with Gasteiger partial charge >= 0.3 is 6.18 Å². The summed E-state index contributed by atoms with van der Waals surface area (Å²) in [4.78, 5) is 17.9. The lowest BCUT2D eigenvalue weighted by Crippen LogP contribution is -2.49. The standard InChI is InChI=1S/C16H22F3N3O2/c1-11-10-24-7-6-21(11)12-8-14(20-15(23)9-12)22-5-3-2-4-13(22)16(17,18)19/h8-9,11,13H,2-7,10H2,1H3,(H,20,23)/t11-,13+/m1/s1. The Kier molecular flexibility index (Phi) is 4.76. The molecule has 0 radical (unpaired) electrons. The zero-order chi connectivity index (χ0) is 17.3. The van der Waals surface area contributed by atoms with Crippen LogP contribution in [-0.4, -0.2) is 49.5 Å². The van der Waals surface area contributed by atoms with Crippen molar-refractivity contribution >= 4 is 11.5 Å². The summed E-state index contributed by atoms with van der Waals surface area (Å²) in [5.41, 5.74) is 0.267. The van der Waals surface area contributed by atoms with Crippen molar-refractivity contribution in [2.24, 2.45) is 0 Å². The van der Waals surface area contributed by atoms with Crippen LogP contribution in [0.4, 0.5) is 24.7 Å². The molecule has 0 amide bonds. The summed E-state index contributed by atoms with van der Waals surface area (Å²) in [7, 11) is 0. The number of nitrogens with one attached hydrogen (secondary N) is 1. The number of morpholine rings is 1. The number of H-pyrrole nitrogens is 1. The van der Waals surface area contributed by atoms with Crippen LogP contribution < -0.4 is 15.4 Å². The first-order chi connectivity index (χ1) is 11.4. The third-order valence-electron chi connectivity index (χ3n) is 4.70. The molecule has 2 aliphatic heterocycles. The molecule has 0 aromatic carbocycles. The quantitative estimate of drug-likeness (QED) is 0.895. The zero-order valence-corrected chi connectivity index (χ0v) is 13.6. The lowest BCUT2D eigenvalue weighted by atomic mass is 10.0. The predicted octanol–water partition coefficient (Wildman–Crippen LogP) is 2.52. The number of aromatic nitrogens is 1. The molecule has 2 saturated heterocycles. The second kappa shape index (κ2) is 6.66. The molecule has 134 valence electrons. The van der Waals surface area contributed by atoms with Crippen molar-refractivity contribution in [3.05, 3.63) is 22.5 Å². The van der Waals surface area contributed by atoms with Gasteiger partial charge in [0, 0.05) is 37.0 Å². The van der Waals surface area contributed by atoms with Gasteiger partial charge in [-0.1, -0.05) is 0 Å². The summed E-state index contributed by atoms with van der Waals surface area (Å²) in [6, 6.07) is 1.64. The van der Waals surface area contributed by atoms with Gasteiger partial charge in [0.05, 0.1) is 13.2 Å². The summed E-state index contributed by atoms with van der Waals surface area (Å²) >= 11 is 0. The van der Waals surface area contributed by atoms with Crippen LogP contribution in [0.15, 0.2) is 16.9 Å². The first kappa shape index (κ1) is 17.1. The molecule has 1 N–H and O–H groups in total. The van der Waals surface area contributed by atoms with E-state index in [9.17, 15) is 18.0 Å². The zero-order valence-electron chi connectivity index (χ0n) is 13.6. The maximum absolute atomic E-state index is 13.3. The first-order valence-corrected chi connectivity index (χ1v) is 8.28. The number of alkyl halides is 3. The SMILES string of the molecule is C[C@@H]1COCCN1c1cc(N2CCCC[C@H]2C(F)(F)F)[nH]c(=O)c1. The van der Waals surface area contributed by atoms with E-state index in [2.05, 4.69) is 4.98 Å². The fourth-order valence-electron chi connectivity index (χ4n) is 3.51. The Morgan fingerprint density at radius 3 is 2.71 bits per heavy atom. The molecule has 2 atom stereocenters. The van der Waals surface area contributed by atoms with Gasteiger partial charge in [0.15, 0.2) is 0 Å². The Balaban J connectivity index is 1.94. The number of pyridine rings is 1. The second-order valence-electron chi connectivity index (χ2n) is 6.45. The molecule has 2 aliphatic rings. The summed E-state index contributed by atoms with van der Waals surface area (Å²) in [5.74, 6) is 0.248. The smallest absolute Gasteiger partial charge is 0.377 e. The average Bonchev–Trinajstić information content (AvgIpc) is 2.54. The third-order valence-corrected chi connectivity index (χ3v) is 4.70. The number of piperidine rings is 1. The van der Waals surface area contributed by atoms with E-state index in [0.717, 1.165) is 0 Å². The van der Waals surface area contributed by atoms with E-state index in [-0.39, 0.29) is 23.8 Å². The lowest BCUT2D eigenvalue weighted by Gasteiger charge is -2.39. The molecule has 24 heavy (non-hydrogen) atoms. The second-order valence-corrected chi connectivity index (χ2v) is 6.45. The van der Waals surface area contributed by atoms with Gasteiger partial charge in [-0.3, -0.25) is 4.79 Å². The Bertz CT molecular complexity index is 632. The summed E-state index contributed by atoms with van der Waals surface area (Å²) in [5, 5.41) is 0. The number of ether oxygens (including phenoxy) is 1. The molecule has 1 aromatic heterocycles. The van der Waals surface area contributed by atoms with Gasteiger partial charge in [0.25, 0.3) is 5.56 Å². The van der Waals surface area contributed by atoms with Crippen molar-refractivity contribution in [1.82, 2.24) is 4.98 Å². The Morgan fingerprint density at radius 2 is 2.00 bits per heavy atom. The number of nitrogens with zero attached hydrogens (tertiary/aromatic N) is 2. The van der Waals surface area contributed by atoms with E-state index in [1.807, 2.05) is 11.8 Å². The molecule has 8 heteroatoms. The Labute approximate surface area is 138 Å². The average molecular weight is 345 g/mol. The van der Waals surface area contributed by atoms with Crippen LogP contribution >= 0.6 is 0 Å². The van der Waals surface area contributed by atoms with Gasteiger partial charge < -0.3 is 19.5 Å². The summed E-state index contributed by atoms with van der Waals surface area (Å²) < 4.78 is 45.4. The molecule has 2 fully saturated rings. The molecule has 0 spiro atoms. The van der Waals surface area contributed by atoms with Crippen LogP contribution in [0.2, 0.25) is 0 Å². The molecular weight excluding hydrogens is 323 g/mol. The fraction of sp³-hybridized carbons (Fsp3) is 0.688. The van der Waals surface area contributed by atoms with Crippen molar-refractivity contribution < 1.29 is 17.9 Å². The van der Waals surface area contributed by atoms with Crippen molar-refractivity contribution in [1.29, 1.82) is 0 Å². The van der Waals surface area contributed by atoms with Crippen LogP contribution in [0, 0.1) is 0 Å². The van der Waals surface area contributed by atoms with Crippen LogP contribution in [-0.2, 0) is 4.74 Å². The third kappa shape index (κ3) is 3.53. The highest BCUT2D eigenvalue weighted by Gasteiger charge is 2.45. The van der Waals surface area contributed by atoms with Gasteiger partial charge in [-0.15, -0.1) is 0 Å². The molecular formula is C16H22F3N3O2. The molecule has 0 aliphatic carbocycles. The van der Waals surface area contributed by atoms with Crippen molar-refractivity contribution in [2.45, 2.75) is 44.4 Å². The predicted molar refractivity (Wildman–Crippen MR) is 85.7 cm³/mol. The lowest BCUT2D eigenvalue weighted by molar-refractivity contribution is -0.152. The molecule has 5 nitrogen and oxygen atoms in total. The van der Waals surface area contributed by atoms with Crippen LogP contribution in [0.25, 0.3) is 0 Å². The Morgan fingerprint density at radius 1 is 1.21 bits per heavy atom. The maximum Gasteiger partial charge on any atom is 0.408 e. The number of aromatic amines is 1. The van der Waals surface area contributed by atoms with E-state index in [1.54, 1.807) is 6.07 Å². The van der Waals surface area contributed by atoms with Gasteiger partial charge in [-0.25, -0.2) is 0 Å². The minimum Gasteiger partial charge on any atom is -0.377 e. The molecule has 3 rings (SSSR count). The summed E-state index contributed by atoms with van der Waals surface area (Å²) in [6.45, 7) is 3.97. The molecule has 3 heterocycles. The topological polar surface area (TPSA) is 48.6 Å². The minimum atomic E-state index is -4.31. The maximum atomic E-state index is 13.3. The highest BCUT2D eigenvalue weighted by Crippen LogP contribution is 2.35. The number of anilines is 2. The van der Waals surface area contributed by atoms with Gasteiger partial charge in [0.2, 0.25) is 0 Å². The summed E-state index contributed by atoms with van der Waals surface area (Å²) in [6.07, 6.45) is -3.01. The number of rotatable bonds is 2. The number of halogens is 3.